The highest BCUT2D eigenvalue weighted by Gasteiger charge is 2.24. The Bertz CT molecular complexity index is 1360. The molecule has 0 unspecified atom stereocenters. The minimum Gasteiger partial charge on any atom is -0.482 e. The van der Waals surface area contributed by atoms with Crippen molar-refractivity contribution >= 4 is 17.2 Å². The number of aryl methyl sites for hydroxylation is 2. The number of fused-ring (bicyclic) bond motifs is 7. The van der Waals surface area contributed by atoms with E-state index in [4.69, 9.17) is 15.5 Å². The van der Waals surface area contributed by atoms with Gasteiger partial charge in [-0.15, -0.1) is 11.3 Å². The molecule has 0 spiro atoms. The molecule has 5 rings (SSSR count). The average molecular weight is 429 g/mol. The number of nitrogens with two attached hydrogens (primary N) is 1. The van der Waals surface area contributed by atoms with Crippen LogP contribution in [-0.4, -0.2) is 19.7 Å². The van der Waals surface area contributed by atoms with Crippen LogP contribution in [0.25, 0.3) is 22.5 Å². The summed E-state index contributed by atoms with van der Waals surface area (Å²) >= 11 is 1.64. The maximum Gasteiger partial charge on any atom is 0.166 e. The number of nitrogens with zero attached hydrogens (tertiary/aromatic N) is 5. The molecule has 0 aliphatic carbocycles. The lowest BCUT2D eigenvalue weighted by Crippen LogP contribution is -2.11. The Labute approximate surface area is 183 Å². The van der Waals surface area contributed by atoms with Crippen LogP contribution in [0.5, 0.6) is 5.75 Å². The molecule has 1 aliphatic rings. The first-order chi connectivity index (χ1) is 14.9. The Morgan fingerprint density at radius 3 is 2.90 bits per heavy atom. The third-order valence-corrected chi connectivity index (χ3v) is 6.37. The molecule has 7 nitrogen and oxygen atoms in total. The highest BCUT2D eigenvalue weighted by molar-refractivity contribution is 7.12. The van der Waals surface area contributed by atoms with Gasteiger partial charge in [0, 0.05) is 22.9 Å². The molecule has 0 amide bonds. The predicted octanol–water partition coefficient (Wildman–Crippen LogP) is 4.64. The summed E-state index contributed by atoms with van der Waals surface area (Å²) in [6.45, 7) is 6.56. The van der Waals surface area contributed by atoms with Gasteiger partial charge in [0.05, 0.1) is 39.6 Å². The molecule has 2 N–H and O–H groups in total. The Morgan fingerprint density at radius 2 is 2.10 bits per heavy atom. The van der Waals surface area contributed by atoms with Crippen LogP contribution in [0, 0.1) is 25.2 Å². The van der Waals surface area contributed by atoms with Gasteiger partial charge in [-0.05, 0) is 26.8 Å². The summed E-state index contributed by atoms with van der Waals surface area (Å²) in [6, 6.07) is 10.4. The molecule has 1 aromatic carbocycles. The van der Waals surface area contributed by atoms with Gasteiger partial charge in [0.25, 0.3) is 0 Å². The summed E-state index contributed by atoms with van der Waals surface area (Å²) in [5, 5.41) is 15.1. The Balaban J connectivity index is 1.82. The van der Waals surface area contributed by atoms with Crippen LogP contribution >= 0.6 is 11.3 Å². The summed E-state index contributed by atoms with van der Waals surface area (Å²) < 4.78 is 8.13. The van der Waals surface area contributed by atoms with Gasteiger partial charge in [-0.1, -0.05) is 23.8 Å². The maximum absolute atomic E-state index is 9.67. The lowest BCUT2D eigenvalue weighted by Gasteiger charge is -2.21. The highest BCUT2D eigenvalue weighted by atomic mass is 32.1. The van der Waals surface area contributed by atoms with Crippen molar-refractivity contribution in [2.75, 3.05) is 5.73 Å². The SMILES string of the molecule is Cc1ccc2c(c1)[C@@H](C)Oc1cc(cnc1N)-c1c(C#N)cnn1Cc1sc(C)nc1-2. The summed E-state index contributed by atoms with van der Waals surface area (Å²) in [5.41, 5.74) is 12.2. The van der Waals surface area contributed by atoms with Crippen molar-refractivity contribution in [2.24, 2.45) is 0 Å². The standard InChI is InChI=1S/C23H20N6OS/c1-12-4-5-17-18(6-12)13(2)30-19-7-15(9-26-23(19)25)22-16(8-24)10-27-29(22)11-20-21(17)28-14(3)31-20/h4-7,9-10,13H,11H2,1-3H3,(H2,25,26)/t13-/m1/s1. The van der Waals surface area contributed by atoms with E-state index in [9.17, 15) is 5.26 Å². The molecular weight excluding hydrogens is 408 g/mol. The van der Waals surface area contributed by atoms with E-state index >= 15 is 0 Å². The van der Waals surface area contributed by atoms with Crippen LogP contribution in [0.2, 0.25) is 0 Å². The Kier molecular flexibility index (Phi) is 4.49. The number of pyridine rings is 1. The number of thiazole rings is 1. The largest absolute Gasteiger partial charge is 0.482 e. The van der Waals surface area contributed by atoms with Gasteiger partial charge >= 0.3 is 0 Å². The first-order valence-electron chi connectivity index (χ1n) is 9.90. The van der Waals surface area contributed by atoms with E-state index in [1.807, 2.05) is 24.6 Å². The van der Waals surface area contributed by atoms with Gasteiger partial charge in [-0.2, -0.15) is 10.4 Å². The molecule has 1 atom stereocenters. The fourth-order valence-electron chi connectivity index (χ4n) is 3.98. The van der Waals surface area contributed by atoms with Gasteiger partial charge in [0.1, 0.15) is 12.2 Å². The monoisotopic (exact) mass is 428 g/mol. The van der Waals surface area contributed by atoms with E-state index in [0.29, 0.717) is 29.4 Å². The lowest BCUT2D eigenvalue weighted by atomic mass is 9.97. The molecule has 0 radical (unpaired) electrons. The third-order valence-electron chi connectivity index (χ3n) is 5.42. The second-order valence-electron chi connectivity index (χ2n) is 7.64. The number of anilines is 1. The van der Waals surface area contributed by atoms with E-state index in [1.54, 1.807) is 23.7 Å². The van der Waals surface area contributed by atoms with Crippen LogP contribution in [0.1, 0.15) is 39.6 Å². The van der Waals surface area contributed by atoms with Crippen molar-refractivity contribution in [3.63, 3.8) is 0 Å². The molecule has 1 aliphatic heterocycles. The quantitative estimate of drug-likeness (QED) is 0.438. The predicted molar refractivity (Wildman–Crippen MR) is 120 cm³/mol. The number of rotatable bonds is 0. The molecule has 4 heterocycles. The topological polar surface area (TPSA) is 103 Å². The lowest BCUT2D eigenvalue weighted by molar-refractivity contribution is 0.228. The number of aromatic nitrogens is 4. The maximum atomic E-state index is 9.67. The van der Waals surface area contributed by atoms with E-state index in [2.05, 4.69) is 41.3 Å². The van der Waals surface area contributed by atoms with Gasteiger partial charge in [0.2, 0.25) is 0 Å². The molecule has 31 heavy (non-hydrogen) atoms. The molecule has 154 valence electrons. The van der Waals surface area contributed by atoms with Gasteiger partial charge in [0.15, 0.2) is 11.6 Å². The van der Waals surface area contributed by atoms with Gasteiger partial charge in [-0.25, -0.2) is 9.97 Å². The number of benzene rings is 1. The molecule has 0 fully saturated rings. The minimum atomic E-state index is -0.274. The number of hydrogen-bond acceptors (Lipinski definition) is 7. The average Bonchev–Trinajstić information content (AvgIpc) is 3.32. The normalized spacial score (nSPS) is 14.8. The van der Waals surface area contributed by atoms with E-state index < -0.39 is 0 Å². The van der Waals surface area contributed by atoms with Crippen LogP contribution in [0.4, 0.5) is 5.82 Å². The zero-order chi connectivity index (χ0) is 21.7. The van der Waals surface area contributed by atoms with Crippen molar-refractivity contribution in [1.82, 2.24) is 19.7 Å². The zero-order valence-corrected chi connectivity index (χ0v) is 18.2. The second kappa shape index (κ2) is 7.22. The summed E-state index contributed by atoms with van der Waals surface area (Å²) in [7, 11) is 0. The van der Waals surface area contributed by atoms with Crippen LogP contribution < -0.4 is 10.5 Å². The van der Waals surface area contributed by atoms with Gasteiger partial charge in [-0.3, -0.25) is 4.68 Å². The summed E-state index contributed by atoms with van der Waals surface area (Å²) in [5.74, 6) is 0.779. The number of nitrogen functional groups attached to an aromatic ring is 1. The fourth-order valence-corrected chi connectivity index (χ4v) is 4.91. The van der Waals surface area contributed by atoms with E-state index in [0.717, 1.165) is 37.8 Å². The van der Waals surface area contributed by atoms with Crippen LogP contribution in [0.3, 0.4) is 0 Å². The molecular formula is C23H20N6OS. The molecule has 3 aromatic heterocycles. The number of hydrogen-bond donors (Lipinski definition) is 1. The summed E-state index contributed by atoms with van der Waals surface area (Å²) in [4.78, 5) is 10.3. The molecule has 8 heteroatoms. The van der Waals surface area contributed by atoms with Crippen molar-refractivity contribution in [3.8, 4) is 34.3 Å². The molecule has 0 saturated carbocycles. The van der Waals surface area contributed by atoms with E-state index in [-0.39, 0.29) is 6.10 Å². The highest BCUT2D eigenvalue weighted by Crippen LogP contribution is 2.39. The molecule has 0 saturated heterocycles. The second-order valence-corrected chi connectivity index (χ2v) is 8.93. The Morgan fingerprint density at radius 1 is 1.26 bits per heavy atom. The number of nitriles is 1. The Hall–Kier alpha value is -3.70. The van der Waals surface area contributed by atoms with Crippen molar-refractivity contribution in [2.45, 2.75) is 33.4 Å². The molecule has 4 aromatic rings. The van der Waals surface area contributed by atoms with E-state index in [1.165, 1.54) is 0 Å². The molecule has 2 bridgehead atoms. The first-order valence-corrected chi connectivity index (χ1v) is 10.7. The van der Waals surface area contributed by atoms with Gasteiger partial charge < -0.3 is 10.5 Å². The summed E-state index contributed by atoms with van der Waals surface area (Å²) in [6.07, 6.45) is 2.97. The smallest absolute Gasteiger partial charge is 0.166 e. The van der Waals surface area contributed by atoms with Crippen LogP contribution in [-0.2, 0) is 6.54 Å². The fraction of sp³-hybridized carbons (Fsp3) is 0.217. The zero-order valence-electron chi connectivity index (χ0n) is 17.4. The van der Waals surface area contributed by atoms with Crippen LogP contribution in [0.15, 0.2) is 36.7 Å². The van der Waals surface area contributed by atoms with Crippen molar-refractivity contribution in [3.05, 3.63) is 63.2 Å². The van der Waals surface area contributed by atoms with Crippen molar-refractivity contribution < 1.29 is 4.74 Å². The minimum absolute atomic E-state index is 0.274. The van der Waals surface area contributed by atoms with Crippen molar-refractivity contribution in [1.29, 1.82) is 5.26 Å². The third kappa shape index (κ3) is 3.23. The first kappa shape index (κ1) is 19.3. The number of ether oxygens (including phenoxy) is 1.